The molecule has 0 aromatic heterocycles. The first-order valence-corrected chi connectivity index (χ1v) is 11.3. The van der Waals surface area contributed by atoms with E-state index in [2.05, 4.69) is 0 Å². The highest BCUT2D eigenvalue weighted by atomic mass is 16.7. The molecule has 3 saturated heterocycles. The second kappa shape index (κ2) is 11.7. The van der Waals surface area contributed by atoms with Gasteiger partial charge in [0.2, 0.25) is 0 Å². The number of rotatable bonds is 6. The van der Waals surface area contributed by atoms with Crippen LogP contribution in [0.5, 0.6) is 0 Å². The van der Waals surface area contributed by atoms with Gasteiger partial charge in [-0.1, -0.05) is 0 Å². The van der Waals surface area contributed by atoms with Crippen molar-refractivity contribution in [3.05, 3.63) is 0 Å². The number of ether oxygens (including phenoxy) is 5. The number of aliphatic hydroxyl groups is 8. The average molecular weight is 500 g/mol. The van der Waals surface area contributed by atoms with Crippen LogP contribution in [0.2, 0.25) is 0 Å². The molecule has 15 unspecified atom stereocenters. The first-order chi connectivity index (χ1) is 16.0. The van der Waals surface area contributed by atoms with Gasteiger partial charge in [-0.15, -0.1) is 0 Å². The molecule has 0 spiro atoms. The van der Waals surface area contributed by atoms with E-state index in [9.17, 15) is 40.9 Å². The van der Waals surface area contributed by atoms with Crippen molar-refractivity contribution in [2.45, 2.75) is 112 Å². The molecule has 0 bridgehead atoms. The normalized spacial score (nSPS) is 52.9. The molecule has 0 radical (unpaired) electrons. The molecule has 3 aliphatic heterocycles. The van der Waals surface area contributed by atoms with Gasteiger partial charge >= 0.3 is 0 Å². The van der Waals surface area contributed by atoms with Crippen LogP contribution in [0.3, 0.4) is 0 Å². The Labute approximate surface area is 196 Å². The molecule has 3 heterocycles. The largest absolute Gasteiger partial charge is 0.394 e. The molecule has 3 fully saturated rings. The zero-order valence-electron chi connectivity index (χ0n) is 19.0. The Morgan fingerprint density at radius 3 is 1.82 bits per heavy atom. The van der Waals surface area contributed by atoms with Crippen LogP contribution in [-0.4, -0.2) is 146 Å². The van der Waals surface area contributed by atoms with Crippen LogP contribution < -0.4 is 5.73 Å². The Morgan fingerprint density at radius 2 is 1.21 bits per heavy atom. The zero-order valence-corrected chi connectivity index (χ0v) is 19.0. The summed E-state index contributed by atoms with van der Waals surface area (Å²) in [7, 11) is 0. The third-order valence-corrected chi connectivity index (χ3v) is 6.66. The van der Waals surface area contributed by atoms with Gasteiger partial charge in [-0.3, -0.25) is 0 Å². The van der Waals surface area contributed by atoms with Crippen molar-refractivity contribution in [2.75, 3.05) is 13.2 Å². The maximum Gasteiger partial charge on any atom is 0.187 e. The van der Waals surface area contributed by atoms with Gasteiger partial charge in [-0.05, 0) is 13.8 Å². The summed E-state index contributed by atoms with van der Waals surface area (Å²) in [5.41, 5.74) is 5.75. The molecule has 200 valence electrons. The number of hydrogen-bond acceptors (Lipinski definition) is 14. The quantitative estimate of drug-likeness (QED) is 0.166. The molecule has 14 heteroatoms. The summed E-state index contributed by atoms with van der Waals surface area (Å²) < 4.78 is 27.8. The van der Waals surface area contributed by atoms with Crippen molar-refractivity contribution in [1.82, 2.24) is 0 Å². The molecule has 0 aromatic rings. The van der Waals surface area contributed by atoms with Gasteiger partial charge in [0.25, 0.3) is 0 Å². The zero-order chi connectivity index (χ0) is 25.3. The van der Waals surface area contributed by atoms with Crippen molar-refractivity contribution in [2.24, 2.45) is 5.73 Å². The number of nitrogens with two attached hydrogens (primary N) is 1. The molecule has 0 aromatic carbocycles. The van der Waals surface area contributed by atoms with E-state index >= 15 is 0 Å². The SMILES string of the molecule is CC1OC(CO)C(OC2OC(CO)C(OC3OC(C)C(N)C(O)C3O)C(O)C2O)C(O)CC1O. The molecular formula is C20H37NO13. The minimum Gasteiger partial charge on any atom is -0.394 e. The minimum absolute atomic E-state index is 0.136. The van der Waals surface area contributed by atoms with Gasteiger partial charge in [-0.2, -0.15) is 0 Å². The van der Waals surface area contributed by atoms with Crippen molar-refractivity contribution in [3.63, 3.8) is 0 Å². The summed E-state index contributed by atoms with van der Waals surface area (Å²) in [6, 6.07) is -0.881. The van der Waals surface area contributed by atoms with Crippen molar-refractivity contribution in [3.8, 4) is 0 Å². The van der Waals surface area contributed by atoms with Gasteiger partial charge in [0, 0.05) is 6.42 Å². The van der Waals surface area contributed by atoms with Gasteiger partial charge < -0.3 is 70.3 Å². The standard InChI is InChI=1S/C20H37NO13/c1-6-8(24)3-9(25)17(10(4-22)30-6)33-20-16(29)14(27)18(11(5-23)32-20)34-19-15(28)13(26)12(21)7(2)31-19/h6-20,22-29H,3-5,21H2,1-2H3. The Morgan fingerprint density at radius 1 is 0.676 bits per heavy atom. The Bertz CT molecular complexity index is 644. The van der Waals surface area contributed by atoms with Crippen LogP contribution in [0.1, 0.15) is 20.3 Å². The van der Waals surface area contributed by atoms with E-state index in [-0.39, 0.29) is 6.42 Å². The predicted octanol–water partition coefficient (Wildman–Crippen LogP) is -5.12. The molecular weight excluding hydrogens is 462 g/mol. The van der Waals surface area contributed by atoms with E-state index in [0.29, 0.717) is 0 Å². The van der Waals surface area contributed by atoms with E-state index in [1.807, 2.05) is 0 Å². The van der Waals surface area contributed by atoms with E-state index < -0.39 is 105 Å². The van der Waals surface area contributed by atoms with E-state index in [0.717, 1.165) is 0 Å². The van der Waals surface area contributed by atoms with Gasteiger partial charge in [0.1, 0.15) is 48.8 Å². The molecule has 15 atom stereocenters. The summed E-state index contributed by atoms with van der Waals surface area (Å²) in [5.74, 6) is 0. The van der Waals surface area contributed by atoms with Crippen LogP contribution >= 0.6 is 0 Å². The van der Waals surface area contributed by atoms with Crippen LogP contribution in [0.4, 0.5) is 0 Å². The van der Waals surface area contributed by atoms with Gasteiger partial charge in [0.15, 0.2) is 12.6 Å². The lowest BCUT2D eigenvalue weighted by atomic mass is 9.96. The lowest BCUT2D eigenvalue weighted by Gasteiger charge is -2.46. The Hall–Kier alpha value is -0.560. The second-order valence-electron chi connectivity index (χ2n) is 9.11. The molecule has 3 rings (SSSR count). The Balaban J connectivity index is 1.72. The first kappa shape index (κ1) is 28.0. The average Bonchev–Trinajstić information content (AvgIpc) is 2.91. The summed E-state index contributed by atoms with van der Waals surface area (Å²) in [5, 5.41) is 81.8. The summed E-state index contributed by atoms with van der Waals surface area (Å²) >= 11 is 0. The molecule has 14 nitrogen and oxygen atoms in total. The molecule has 0 saturated carbocycles. The molecule has 3 aliphatic rings. The fraction of sp³-hybridized carbons (Fsp3) is 1.00. The highest BCUT2D eigenvalue weighted by Crippen LogP contribution is 2.31. The van der Waals surface area contributed by atoms with Crippen LogP contribution in [0, 0.1) is 0 Å². The minimum atomic E-state index is -1.75. The summed E-state index contributed by atoms with van der Waals surface area (Å²) in [6.45, 7) is 1.85. The van der Waals surface area contributed by atoms with Crippen LogP contribution in [0.15, 0.2) is 0 Å². The number of aliphatic hydroxyl groups excluding tert-OH is 8. The van der Waals surface area contributed by atoms with Crippen LogP contribution in [0.25, 0.3) is 0 Å². The topological polar surface area (TPSA) is 234 Å². The second-order valence-corrected chi connectivity index (χ2v) is 9.11. The molecule has 34 heavy (non-hydrogen) atoms. The van der Waals surface area contributed by atoms with Crippen molar-refractivity contribution >= 4 is 0 Å². The lowest BCUT2D eigenvalue weighted by Crippen LogP contribution is -2.65. The van der Waals surface area contributed by atoms with E-state index in [1.54, 1.807) is 13.8 Å². The molecule has 0 amide bonds. The first-order valence-electron chi connectivity index (χ1n) is 11.3. The molecule has 0 aliphatic carbocycles. The predicted molar refractivity (Wildman–Crippen MR) is 110 cm³/mol. The maximum absolute atomic E-state index is 10.7. The maximum atomic E-state index is 10.7. The highest BCUT2D eigenvalue weighted by Gasteiger charge is 2.51. The van der Waals surface area contributed by atoms with Gasteiger partial charge in [-0.25, -0.2) is 0 Å². The van der Waals surface area contributed by atoms with E-state index in [1.165, 1.54) is 0 Å². The van der Waals surface area contributed by atoms with E-state index in [4.69, 9.17) is 29.4 Å². The smallest absolute Gasteiger partial charge is 0.187 e. The highest BCUT2D eigenvalue weighted by molar-refractivity contribution is 4.95. The third-order valence-electron chi connectivity index (χ3n) is 6.66. The lowest BCUT2D eigenvalue weighted by molar-refractivity contribution is -0.360. The van der Waals surface area contributed by atoms with Crippen molar-refractivity contribution < 1.29 is 64.5 Å². The summed E-state index contributed by atoms with van der Waals surface area (Å²) in [6.07, 6.45) is -18.3. The fourth-order valence-corrected chi connectivity index (χ4v) is 4.39. The third kappa shape index (κ3) is 5.71. The fourth-order valence-electron chi connectivity index (χ4n) is 4.39. The number of hydrogen-bond donors (Lipinski definition) is 9. The van der Waals surface area contributed by atoms with Crippen molar-refractivity contribution in [1.29, 1.82) is 0 Å². The van der Waals surface area contributed by atoms with Gasteiger partial charge in [0.05, 0.1) is 43.7 Å². The summed E-state index contributed by atoms with van der Waals surface area (Å²) in [4.78, 5) is 0. The Kier molecular flexibility index (Phi) is 9.61. The molecule has 10 N–H and O–H groups in total. The monoisotopic (exact) mass is 499 g/mol. The van der Waals surface area contributed by atoms with Crippen LogP contribution in [-0.2, 0) is 23.7 Å².